The highest BCUT2D eigenvalue weighted by molar-refractivity contribution is 7.57. The Morgan fingerprint density at radius 1 is 1.03 bits per heavy atom. The van der Waals surface area contributed by atoms with Crippen LogP contribution < -0.4 is 14.9 Å². The van der Waals surface area contributed by atoms with Crippen molar-refractivity contribution in [2.75, 3.05) is 26.4 Å². The molecule has 1 spiro atoms. The summed E-state index contributed by atoms with van der Waals surface area (Å²) in [5.74, 6) is -3.19. The quantitative estimate of drug-likeness (QED) is 0.101. The zero-order chi connectivity index (χ0) is 43.2. The van der Waals surface area contributed by atoms with E-state index in [9.17, 15) is 23.7 Å². The van der Waals surface area contributed by atoms with E-state index in [4.69, 9.17) is 14.0 Å². The highest BCUT2D eigenvalue weighted by Crippen LogP contribution is 2.58. The van der Waals surface area contributed by atoms with Gasteiger partial charge in [0.2, 0.25) is 17.7 Å². The van der Waals surface area contributed by atoms with Gasteiger partial charge in [0, 0.05) is 46.6 Å². The number of hydrogen-bond donors (Lipinski definition) is 2. The summed E-state index contributed by atoms with van der Waals surface area (Å²) in [5.41, 5.74) is 0.695. The topological polar surface area (TPSA) is 156 Å². The van der Waals surface area contributed by atoms with Crippen LogP contribution in [0.1, 0.15) is 104 Å². The fourth-order valence-electron chi connectivity index (χ4n) is 9.67. The number of benzene rings is 2. The summed E-state index contributed by atoms with van der Waals surface area (Å²) in [6.07, 6.45) is 10.8. The second kappa shape index (κ2) is 17.1. The molecule has 3 amide bonds. The van der Waals surface area contributed by atoms with Gasteiger partial charge < -0.3 is 29.1 Å². The third-order valence-corrected chi connectivity index (χ3v) is 16.5. The molecule has 2 unspecified atom stereocenters. The predicted molar refractivity (Wildman–Crippen MR) is 231 cm³/mol. The van der Waals surface area contributed by atoms with Gasteiger partial charge in [0.1, 0.15) is 30.5 Å². The van der Waals surface area contributed by atoms with Crippen molar-refractivity contribution in [3.63, 3.8) is 0 Å². The Balaban J connectivity index is 0.897. The number of hydrogen-bond acceptors (Lipinski definition) is 10. The van der Waals surface area contributed by atoms with E-state index >= 15 is 4.39 Å². The van der Waals surface area contributed by atoms with Gasteiger partial charge in [-0.25, -0.2) is 9.48 Å². The minimum atomic E-state index is -4.49. The number of esters is 1. The number of halogens is 1. The van der Waals surface area contributed by atoms with Crippen molar-refractivity contribution in [3.8, 4) is 5.75 Å². The molecule has 4 aromatic rings. The first kappa shape index (κ1) is 42.6. The number of nitrogens with zero attached hydrogens (tertiary/aromatic N) is 3. The van der Waals surface area contributed by atoms with Crippen molar-refractivity contribution in [3.05, 3.63) is 95.1 Å². The van der Waals surface area contributed by atoms with Gasteiger partial charge in [-0.1, -0.05) is 50.1 Å². The second-order valence-electron chi connectivity index (χ2n) is 18.2. The molecule has 2 N–H and O–H groups in total. The molecule has 62 heavy (non-hydrogen) atoms. The van der Waals surface area contributed by atoms with Gasteiger partial charge in [0.05, 0.1) is 18.1 Å². The Morgan fingerprint density at radius 3 is 2.55 bits per heavy atom. The van der Waals surface area contributed by atoms with Crippen molar-refractivity contribution in [1.29, 1.82) is 0 Å². The van der Waals surface area contributed by atoms with Crippen LogP contribution in [0.25, 0.3) is 10.1 Å². The van der Waals surface area contributed by atoms with Crippen molar-refractivity contribution in [2.24, 2.45) is 5.41 Å². The summed E-state index contributed by atoms with van der Waals surface area (Å²) in [7, 11) is -4.49. The Labute approximate surface area is 364 Å². The Bertz CT molecular complexity index is 2380. The lowest BCUT2D eigenvalue weighted by atomic mass is 9.90. The van der Waals surface area contributed by atoms with E-state index in [1.54, 1.807) is 53.6 Å². The molecule has 6 heterocycles. The lowest BCUT2D eigenvalue weighted by molar-refractivity contribution is -0.166. The van der Waals surface area contributed by atoms with E-state index in [-0.39, 0.29) is 52.6 Å². The van der Waals surface area contributed by atoms with Gasteiger partial charge in [-0.05, 0) is 105 Å². The van der Waals surface area contributed by atoms with Gasteiger partial charge >= 0.3 is 13.5 Å². The summed E-state index contributed by atoms with van der Waals surface area (Å²) in [4.78, 5) is 64.4. The summed E-state index contributed by atoms with van der Waals surface area (Å²) in [6.45, 7) is 4.99. The average Bonchev–Trinajstić information content (AvgIpc) is 3.54. The maximum Gasteiger partial charge on any atom is 0.355 e. The highest BCUT2D eigenvalue weighted by atomic mass is 32.1. The van der Waals surface area contributed by atoms with Gasteiger partial charge in [0.15, 0.2) is 0 Å². The number of amides is 3. The number of nitrogens with one attached hydrogen (secondary N) is 2. The van der Waals surface area contributed by atoms with E-state index in [1.807, 2.05) is 19.2 Å². The van der Waals surface area contributed by atoms with Gasteiger partial charge in [-0.3, -0.25) is 28.7 Å². The third-order valence-electron chi connectivity index (χ3n) is 13.3. The monoisotopic (exact) mass is 885 g/mol. The van der Waals surface area contributed by atoms with Gasteiger partial charge in [0.25, 0.3) is 5.91 Å². The van der Waals surface area contributed by atoms with Gasteiger partial charge in [-0.15, -0.1) is 11.3 Å². The van der Waals surface area contributed by atoms with Crippen LogP contribution in [-0.4, -0.2) is 94.5 Å². The molecule has 0 radical (unpaired) electrons. The molecule has 2 aromatic carbocycles. The molecular formula is C46H53FN5O8PS. The molecule has 16 heteroatoms. The normalized spacial score (nSPS) is 25.8. The van der Waals surface area contributed by atoms with Crippen LogP contribution in [0, 0.1) is 5.41 Å². The van der Waals surface area contributed by atoms with Gasteiger partial charge in [-0.2, -0.15) is 0 Å². The number of carbonyl (C=O) groups is 4. The first-order valence-corrected chi connectivity index (χ1v) is 24.2. The Hall–Kier alpha value is -4.69. The molecule has 328 valence electrons. The number of alkyl halides is 1. The lowest BCUT2D eigenvalue weighted by Gasteiger charge is -2.37. The van der Waals surface area contributed by atoms with Crippen LogP contribution >= 0.6 is 18.9 Å². The van der Waals surface area contributed by atoms with Crippen molar-refractivity contribution in [2.45, 2.75) is 113 Å². The van der Waals surface area contributed by atoms with E-state index < -0.39 is 43.4 Å². The molecule has 4 aliphatic heterocycles. The number of aromatic nitrogens is 1. The molecule has 5 fully saturated rings. The van der Waals surface area contributed by atoms with E-state index in [0.717, 1.165) is 50.5 Å². The minimum Gasteiger partial charge on any atom is -0.464 e. The molecule has 7 atom stereocenters. The molecule has 9 rings (SSSR count). The van der Waals surface area contributed by atoms with E-state index in [2.05, 4.69) is 26.4 Å². The zero-order valence-corrected chi connectivity index (χ0v) is 36.7. The van der Waals surface area contributed by atoms with Crippen LogP contribution in [-0.2, 0) is 28.4 Å². The molecular weight excluding hydrogens is 833 g/mol. The van der Waals surface area contributed by atoms with E-state index in [1.165, 1.54) is 30.4 Å². The fourth-order valence-corrected chi connectivity index (χ4v) is 12.5. The number of likely N-dealkylation sites (tertiary alicyclic amines) is 1. The number of pyridine rings is 1. The number of carbonyl (C=O) groups excluding carboxylic acids is 4. The van der Waals surface area contributed by atoms with Crippen molar-refractivity contribution in [1.82, 2.24) is 25.2 Å². The third kappa shape index (κ3) is 8.53. The Kier molecular flexibility index (Phi) is 11.8. The van der Waals surface area contributed by atoms with Crippen LogP contribution in [0.5, 0.6) is 5.75 Å². The minimum absolute atomic E-state index is 0.0130. The summed E-state index contributed by atoms with van der Waals surface area (Å²) in [6, 6.07) is 15.9. The van der Waals surface area contributed by atoms with Crippen molar-refractivity contribution < 1.29 is 42.1 Å². The summed E-state index contributed by atoms with van der Waals surface area (Å²) >= 11 is 1.20. The maximum absolute atomic E-state index is 16.7. The predicted octanol–water partition coefficient (Wildman–Crippen LogP) is 7.68. The Morgan fingerprint density at radius 2 is 1.82 bits per heavy atom. The second-order valence-corrected chi connectivity index (χ2v) is 21.3. The number of fused-ring (bicyclic) bond motifs is 2. The SMILES string of the molecule is C[C@H](NP(=O)(Oc1ccccc1)[C@@H](F)c1ccc2sc(C(=O)NC3CCCC[C@H]4CC[C@@H](C(=O)N5C[C@@H](c6cccnc6)CC56CC6)N4C3=O)cc2c1)C(=O)OCC1(C)COC1. The smallest absolute Gasteiger partial charge is 0.355 e. The summed E-state index contributed by atoms with van der Waals surface area (Å²) in [5, 5.41) is 6.17. The van der Waals surface area contributed by atoms with Crippen molar-refractivity contribution >= 4 is 52.6 Å². The first-order valence-electron chi connectivity index (χ1n) is 21.7. The average molecular weight is 886 g/mol. The van der Waals surface area contributed by atoms with Crippen LogP contribution in [0.4, 0.5) is 4.39 Å². The molecule has 2 aromatic heterocycles. The van der Waals surface area contributed by atoms with Crippen LogP contribution in [0.15, 0.2) is 79.1 Å². The number of ether oxygens (including phenoxy) is 2. The fraction of sp³-hybridized carbons (Fsp3) is 0.500. The molecule has 0 bridgehead atoms. The zero-order valence-electron chi connectivity index (χ0n) is 35.0. The highest BCUT2D eigenvalue weighted by Gasteiger charge is 2.58. The maximum atomic E-state index is 16.7. The lowest BCUT2D eigenvalue weighted by Crippen LogP contribution is -2.57. The van der Waals surface area contributed by atoms with Crippen LogP contribution in [0.2, 0.25) is 0 Å². The molecule has 13 nitrogen and oxygen atoms in total. The standard InChI is InChI=1S/C46H53FN5O8PS/c1-29(44(56)59-28-45(2)26-58-27-45)50-61(57,60-35-11-4-3-5-12-35)40(47)30-14-17-38-32(21-30)22-39(62-38)41(53)49-36-13-7-6-10-34-15-16-37(52(34)42(36)54)43(55)51-25-33(23-46(51)18-19-46)31-9-8-20-48-24-31/h3-5,8-9,11-12,14,17,20-22,24,29,33-34,36-37,40H,6-7,10,13,15-16,18-19,23,25-28H2,1-2H3,(H,49,53)(H,50,57)/t29-,33-,34-,36?,37-,40+,61?/m0/s1. The summed E-state index contributed by atoms with van der Waals surface area (Å²) < 4.78 is 48.4. The molecule has 1 aliphatic carbocycles. The van der Waals surface area contributed by atoms with E-state index in [0.29, 0.717) is 47.6 Å². The largest absolute Gasteiger partial charge is 0.464 e. The molecule has 4 saturated heterocycles. The molecule has 5 aliphatic rings. The number of para-hydroxylation sites is 1. The number of thiophene rings is 1. The first-order chi connectivity index (χ1) is 29.8. The number of rotatable bonds is 13. The molecule has 1 saturated carbocycles. The van der Waals surface area contributed by atoms with Crippen LogP contribution in [0.3, 0.4) is 0 Å².